The Bertz CT molecular complexity index is 529. The SMILES string of the molecule is COCC1(C(=O)Nc2cc(C3CCCCCC3)[nH]n2)CCNCC1.Cl. The number of nitrogens with zero attached hydrogens (tertiary/aromatic N) is 1. The molecule has 0 aromatic carbocycles. The maximum absolute atomic E-state index is 12.8. The number of methoxy groups -OCH3 is 1. The van der Waals surface area contributed by atoms with Crippen molar-refractivity contribution in [3.05, 3.63) is 11.8 Å². The highest BCUT2D eigenvalue weighted by Crippen LogP contribution is 2.33. The van der Waals surface area contributed by atoms with Crippen LogP contribution in [0.2, 0.25) is 0 Å². The number of carbonyl (C=O) groups is 1. The van der Waals surface area contributed by atoms with Gasteiger partial charge in [-0.1, -0.05) is 25.7 Å². The monoisotopic (exact) mass is 370 g/mol. The van der Waals surface area contributed by atoms with E-state index in [9.17, 15) is 4.79 Å². The van der Waals surface area contributed by atoms with Gasteiger partial charge in [0.1, 0.15) is 0 Å². The van der Waals surface area contributed by atoms with E-state index in [0.717, 1.165) is 25.9 Å². The first-order valence-electron chi connectivity index (χ1n) is 9.30. The average Bonchev–Trinajstić information content (AvgIpc) is 2.89. The summed E-state index contributed by atoms with van der Waals surface area (Å²) in [6, 6.07) is 2.02. The summed E-state index contributed by atoms with van der Waals surface area (Å²) in [6.07, 6.45) is 9.27. The van der Waals surface area contributed by atoms with Crippen LogP contribution in [0.15, 0.2) is 6.07 Å². The molecule has 1 saturated carbocycles. The third-order valence-electron chi connectivity index (χ3n) is 5.60. The van der Waals surface area contributed by atoms with Crippen molar-refractivity contribution in [2.24, 2.45) is 5.41 Å². The molecule has 3 rings (SSSR count). The number of rotatable bonds is 5. The van der Waals surface area contributed by atoms with Gasteiger partial charge in [0.2, 0.25) is 5.91 Å². The number of hydrogen-bond acceptors (Lipinski definition) is 4. The van der Waals surface area contributed by atoms with Gasteiger partial charge in [-0.3, -0.25) is 9.89 Å². The number of piperidine rings is 1. The molecule has 1 amide bonds. The number of aromatic nitrogens is 2. The molecule has 0 radical (unpaired) electrons. The first-order chi connectivity index (χ1) is 11.7. The maximum Gasteiger partial charge on any atom is 0.234 e. The largest absolute Gasteiger partial charge is 0.384 e. The van der Waals surface area contributed by atoms with Crippen LogP contribution in [0.25, 0.3) is 0 Å². The number of H-pyrrole nitrogens is 1. The van der Waals surface area contributed by atoms with E-state index in [2.05, 4.69) is 20.8 Å². The molecule has 1 aromatic heterocycles. The van der Waals surface area contributed by atoms with Crippen molar-refractivity contribution in [2.75, 3.05) is 32.1 Å². The van der Waals surface area contributed by atoms with Crippen LogP contribution in [0.3, 0.4) is 0 Å². The highest BCUT2D eigenvalue weighted by Gasteiger charge is 2.40. The molecule has 1 aliphatic heterocycles. The molecule has 25 heavy (non-hydrogen) atoms. The number of carbonyl (C=O) groups excluding carboxylic acids is 1. The first kappa shape index (κ1) is 20.2. The van der Waals surface area contributed by atoms with Crippen LogP contribution in [0.5, 0.6) is 0 Å². The number of amides is 1. The smallest absolute Gasteiger partial charge is 0.234 e. The Morgan fingerprint density at radius 1 is 1.28 bits per heavy atom. The van der Waals surface area contributed by atoms with E-state index in [4.69, 9.17) is 4.74 Å². The lowest BCUT2D eigenvalue weighted by molar-refractivity contribution is -0.130. The highest BCUT2D eigenvalue weighted by molar-refractivity contribution is 5.94. The lowest BCUT2D eigenvalue weighted by atomic mass is 9.78. The molecule has 0 unspecified atom stereocenters. The van der Waals surface area contributed by atoms with Crippen LogP contribution < -0.4 is 10.6 Å². The summed E-state index contributed by atoms with van der Waals surface area (Å²) in [6.45, 7) is 2.16. The molecule has 0 atom stereocenters. The second kappa shape index (κ2) is 9.55. The zero-order chi connectivity index (χ0) is 16.8. The van der Waals surface area contributed by atoms with Gasteiger partial charge in [0, 0.05) is 24.8 Å². The van der Waals surface area contributed by atoms with E-state index in [1.165, 1.54) is 44.2 Å². The van der Waals surface area contributed by atoms with Gasteiger partial charge in [0.05, 0.1) is 12.0 Å². The predicted molar refractivity (Wildman–Crippen MR) is 101 cm³/mol. The molecule has 2 fully saturated rings. The van der Waals surface area contributed by atoms with Crippen LogP contribution >= 0.6 is 12.4 Å². The van der Waals surface area contributed by atoms with Crippen LogP contribution in [-0.2, 0) is 9.53 Å². The van der Waals surface area contributed by atoms with E-state index in [1.807, 2.05) is 6.07 Å². The molecule has 1 saturated heterocycles. The Kier molecular flexibility index (Phi) is 7.72. The molecule has 2 aliphatic rings. The van der Waals surface area contributed by atoms with Gasteiger partial charge >= 0.3 is 0 Å². The minimum absolute atomic E-state index is 0. The van der Waals surface area contributed by atoms with Gasteiger partial charge in [-0.15, -0.1) is 12.4 Å². The molecule has 0 spiro atoms. The lowest BCUT2D eigenvalue weighted by Gasteiger charge is -2.35. The van der Waals surface area contributed by atoms with E-state index in [1.54, 1.807) is 7.11 Å². The van der Waals surface area contributed by atoms with Crippen molar-refractivity contribution in [3.8, 4) is 0 Å². The summed E-state index contributed by atoms with van der Waals surface area (Å²) in [5, 5.41) is 13.8. The molecular weight excluding hydrogens is 340 g/mol. The second-order valence-electron chi connectivity index (χ2n) is 7.31. The zero-order valence-corrected chi connectivity index (χ0v) is 15.9. The van der Waals surface area contributed by atoms with Crippen LogP contribution in [-0.4, -0.2) is 42.9 Å². The fourth-order valence-electron chi connectivity index (χ4n) is 4.07. The van der Waals surface area contributed by atoms with Crippen molar-refractivity contribution in [2.45, 2.75) is 57.3 Å². The molecule has 3 N–H and O–H groups in total. The van der Waals surface area contributed by atoms with E-state index in [0.29, 0.717) is 18.3 Å². The van der Waals surface area contributed by atoms with Crippen molar-refractivity contribution in [3.63, 3.8) is 0 Å². The van der Waals surface area contributed by atoms with Crippen molar-refractivity contribution in [1.82, 2.24) is 15.5 Å². The van der Waals surface area contributed by atoms with E-state index in [-0.39, 0.29) is 18.3 Å². The van der Waals surface area contributed by atoms with Gasteiger partial charge in [-0.05, 0) is 38.8 Å². The van der Waals surface area contributed by atoms with Crippen LogP contribution in [0.1, 0.15) is 63.0 Å². The minimum Gasteiger partial charge on any atom is -0.384 e. The maximum atomic E-state index is 12.8. The van der Waals surface area contributed by atoms with Gasteiger partial charge in [-0.25, -0.2) is 0 Å². The zero-order valence-electron chi connectivity index (χ0n) is 15.1. The topological polar surface area (TPSA) is 79.0 Å². The Labute approximate surface area is 156 Å². The molecule has 2 heterocycles. The molecular formula is C18H31ClN4O2. The van der Waals surface area contributed by atoms with E-state index >= 15 is 0 Å². The fraction of sp³-hybridized carbons (Fsp3) is 0.778. The van der Waals surface area contributed by atoms with Crippen molar-refractivity contribution >= 4 is 24.1 Å². The minimum atomic E-state index is -0.443. The molecule has 6 nitrogen and oxygen atoms in total. The lowest BCUT2D eigenvalue weighted by Crippen LogP contribution is -2.47. The third-order valence-corrected chi connectivity index (χ3v) is 5.60. The number of aromatic amines is 1. The summed E-state index contributed by atoms with van der Waals surface area (Å²) >= 11 is 0. The summed E-state index contributed by atoms with van der Waals surface area (Å²) in [5.41, 5.74) is 0.722. The molecule has 1 aromatic rings. The normalized spacial score (nSPS) is 21.2. The van der Waals surface area contributed by atoms with Crippen LogP contribution in [0.4, 0.5) is 5.82 Å². The second-order valence-corrected chi connectivity index (χ2v) is 7.31. The fourth-order valence-corrected chi connectivity index (χ4v) is 4.07. The van der Waals surface area contributed by atoms with Gasteiger partial charge in [0.25, 0.3) is 0 Å². The first-order valence-corrected chi connectivity index (χ1v) is 9.30. The average molecular weight is 371 g/mol. The Morgan fingerprint density at radius 3 is 2.60 bits per heavy atom. The van der Waals surface area contributed by atoms with Gasteiger partial charge in [-0.2, -0.15) is 5.10 Å². The molecule has 142 valence electrons. The number of nitrogens with one attached hydrogen (secondary N) is 3. The molecule has 0 bridgehead atoms. The summed E-state index contributed by atoms with van der Waals surface area (Å²) in [5.74, 6) is 1.23. The van der Waals surface area contributed by atoms with Gasteiger partial charge < -0.3 is 15.4 Å². The number of hydrogen-bond donors (Lipinski definition) is 3. The predicted octanol–water partition coefficient (Wildman–Crippen LogP) is 3.22. The third kappa shape index (κ3) is 4.96. The van der Waals surface area contributed by atoms with Crippen molar-refractivity contribution in [1.29, 1.82) is 0 Å². The molecule has 7 heteroatoms. The quantitative estimate of drug-likeness (QED) is 0.695. The number of halogens is 1. The summed E-state index contributed by atoms with van der Waals surface area (Å²) in [7, 11) is 1.66. The Morgan fingerprint density at radius 2 is 1.96 bits per heavy atom. The highest BCUT2D eigenvalue weighted by atomic mass is 35.5. The number of anilines is 1. The van der Waals surface area contributed by atoms with E-state index < -0.39 is 5.41 Å². The Hall–Kier alpha value is -1.11. The standard InChI is InChI=1S/C18H30N4O2.ClH/c1-24-13-18(8-10-19-11-9-18)17(23)20-16-12-15(21-22-16)14-6-4-2-3-5-7-14;/h12,14,19H,2-11,13H2,1H3,(H2,20,21,22,23);1H. The molecule has 1 aliphatic carbocycles. The summed E-state index contributed by atoms with van der Waals surface area (Å²) < 4.78 is 5.34. The number of ether oxygens (including phenoxy) is 1. The Balaban J connectivity index is 0.00000225. The van der Waals surface area contributed by atoms with Crippen molar-refractivity contribution < 1.29 is 9.53 Å². The van der Waals surface area contributed by atoms with Gasteiger partial charge in [0.15, 0.2) is 5.82 Å². The van der Waals surface area contributed by atoms with Crippen LogP contribution in [0, 0.1) is 5.41 Å². The summed E-state index contributed by atoms with van der Waals surface area (Å²) in [4.78, 5) is 12.8.